The normalized spacial score (nSPS) is 15.2. The summed E-state index contributed by atoms with van der Waals surface area (Å²) in [5.74, 6) is -1.24. The number of nitrogens with one attached hydrogen (secondary N) is 3. The molecule has 2 aromatic carbocycles. The molecule has 0 saturated carbocycles. The number of carbonyl (C=O) groups is 3. The second kappa shape index (κ2) is 10.7. The van der Waals surface area contributed by atoms with Crippen LogP contribution in [0.1, 0.15) is 37.0 Å². The molecule has 0 spiro atoms. The third kappa shape index (κ3) is 6.29. The van der Waals surface area contributed by atoms with Crippen molar-refractivity contribution in [1.29, 1.82) is 0 Å². The molecular formula is C24H29FN4O3. The number of hydrogen-bond acceptors (Lipinski definition) is 3. The van der Waals surface area contributed by atoms with Gasteiger partial charge in [-0.05, 0) is 55.2 Å². The van der Waals surface area contributed by atoms with E-state index in [1.54, 1.807) is 4.90 Å². The summed E-state index contributed by atoms with van der Waals surface area (Å²) in [6.45, 7) is 4.76. The summed E-state index contributed by atoms with van der Waals surface area (Å²) >= 11 is 0. The molecule has 0 bridgehead atoms. The van der Waals surface area contributed by atoms with Gasteiger partial charge in [-0.15, -0.1) is 0 Å². The molecule has 3 N–H and O–H groups in total. The SMILES string of the molecule is CC(C)C(NC(=O)c1ccc(F)cc1)C(=O)NC1CCN(C(=O)Nc2ccccc2)CC1. The second-order valence-electron chi connectivity index (χ2n) is 8.27. The summed E-state index contributed by atoms with van der Waals surface area (Å²) in [5, 5.41) is 8.62. The van der Waals surface area contributed by atoms with Gasteiger partial charge in [0, 0.05) is 30.4 Å². The number of likely N-dealkylation sites (tertiary alicyclic amines) is 1. The highest BCUT2D eigenvalue weighted by molar-refractivity contribution is 5.97. The smallest absolute Gasteiger partial charge is 0.321 e. The Morgan fingerprint density at radius 2 is 1.59 bits per heavy atom. The van der Waals surface area contributed by atoms with Gasteiger partial charge in [0.25, 0.3) is 5.91 Å². The molecule has 1 aliphatic rings. The third-order valence-corrected chi connectivity index (χ3v) is 5.50. The van der Waals surface area contributed by atoms with Gasteiger partial charge >= 0.3 is 6.03 Å². The maximum atomic E-state index is 13.1. The minimum Gasteiger partial charge on any atom is -0.351 e. The average Bonchev–Trinajstić information content (AvgIpc) is 2.78. The van der Waals surface area contributed by atoms with Crippen molar-refractivity contribution < 1.29 is 18.8 Å². The van der Waals surface area contributed by atoms with E-state index in [0.717, 1.165) is 5.69 Å². The Morgan fingerprint density at radius 3 is 2.19 bits per heavy atom. The topological polar surface area (TPSA) is 90.5 Å². The first-order valence-corrected chi connectivity index (χ1v) is 10.8. The van der Waals surface area contributed by atoms with E-state index in [1.165, 1.54) is 24.3 Å². The molecule has 4 amide bonds. The number of carbonyl (C=O) groups excluding carboxylic acids is 3. The zero-order valence-corrected chi connectivity index (χ0v) is 18.3. The fourth-order valence-corrected chi connectivity index (χ4v) is 3.60. The maximum absolute atomic E-state index is 13.1. The maximum Gasteiger partial charge on any atom is 0.321 e. The van der Waals surface area contributed by atoms with Gasteiger partial charge in [0.05, 0.1) is 0 Å². The number of benzene rings is 2. The number of piperidine rings is 1. The third-order valence-electron chi connectivity index (χ3n) is 5.50. The number of amides is 4. The summed E-state index contributed by atoms with van der Waals surface area (Å²) in [5.41, 5.74) is 1.03. The van der Waals surface area contributed by atoms with Crippen LogP contribution in [0.5, 0.6) is 0 Å². The van der Waals surface area contributed by atoms with Crippen LogP contribution in [0.3, 0.4) is 0 Å². The van der Waals surface area contributed by atoms with Crippen LogP contribution >= 0.6 is 0 Å². The minimum absolute atomic E-state index is 0.0766. The molecule has 3 rings (SSSR count). The number of halogens is 1. The van der Waals surface area contributed by atoms with Crippen LogP contribution in [0.4, 0.5) is 14.9 Å². The summed E-state index contributed by atoms with van der Waals surface area (Å²) in [6, 6.07) is 13.5. The zero-order valence-electron chi connectivity index (χ0n) is 18.3. The average molecular weight is 441 g/mol. The van der Waals surface area contributed by atoms with Gasteiger partial charge < -0.3 is 20.9 Å². The van der Waals surface area contributed by atoms with Crippen molar-refractivity contribution in [3.8, 4) is 0 Å². The van der Waals surface area contributed by atoms with Crippen LogP contribution < -0.4 is 16.0 Å². The lowest BCUT2D eigenvalue weighted by Crippen LogP contribution is -2.54. The molecule has 8 heteroatoms. The fraction of sp³-hybridized carbons (Fsp3) is 0.375. The predicted octanol–water partition coefficient (Wildman–Crippen LogP) is 3.39. The van der Waals surface area contributed by atoms with E-state index in [1.807, 2.05) is 44.2 Å². The number of rotatable bonds is 6. The highest BCUT2D eigenvalue weighted by Crippen LogP contribution is 2.14. The van der Waals surface area contributed by atoms with E-state index >= 15 is 0 Å². The van der Waals surface area contributed by atoms with Crippen molar-refractivity contribution in [3.05, 3.63) is 66.0 Å². The molecule has 1 aliphatic heterocycles. The molecule has 2 aromatic rings. The van der Waals surface area contributed by atoms with E-state index in [2.05, 4.69) is 16.0 Å². The minimum atomic E-state index is -0.716. The van der Waals surface area contributed by atoms with Crippen LogP contribution in [-0.4, -0.2) is 47.9 Å². The molecular weight excluding hydrogens is 411 g/mol. The fourth-order valence-electron chi connectivity index (χ4n) is 3.60. The van der Waals surface area contributed by atoms with Gasteiger partial charge in [0.1, 0.15) is 11.9 Å². The van der Waals surface area contributed by atoms with Crippen molar-refractivity contribution in [2.45, 2.75) is 38.8 Å². The second-order valence-corrected chi connectivity index (χ2v) is 8.27. The summed E-state index contributed by atoms with van der Waals surface area (Å²) in [7, 11) is 0. The molecule has 1 saturated heterocycles. The molecule has 0 aromatic heterocycles. The Kier molecular flexibility index (Phi) is 7.81. The molecule has 1 unspecified atom stereocenters. The van der Waals surface area contributed by atoms with Crippen molar-refractivity contribution in [2.24, 2.45) is 5.92 Å². The number of hydrogen-bond donors (Lipinski definition) is 3. The first kappa shape index (κ1) is 23.2. The van der Waals surface area contributed by atoms with E-state index in [0.29, 0.717) is 31.5 Å². The summed E-state index contributed by atoms with van der Waals surface area (Å²) in [4.78, 5) is 39.5. The quantitative estimate of drug-likeness (QED) is 0.643. The summed E-state index contributed by atoms with van der Waals surface area (Å²) in [6.07, 6.45) is 1.26. The number of urea groups is 1. The lowest BCUT2D eigenvalue weighted by Gasteiger charge is -2.33. The predicted molar refractivity (Wildman–Crippen MR) is 121 cm³/mol. The molecule has 1 fully saturated rings. The highest BCUT2D eigenvalue weighted by Gasteiger charge is 2.29. The van der Waals surface area contributed by atoms with E-state index < -0.39 is 17.8 Å². The van der Waals surface area contributed by atoms with Crippen LogP contribution in [0.15, 0.2) is 54.6 Å². The van der Waals surface area contributed by atoms with E-state index in [4.69, 9.17) is 0 Å². The lowest BCUT2D eigenvalue weighted by atomic mass is 10.00. The highest BCUT2D eigenvalue weighted by atomic mass is 19.1. The van der Waals surface area contributed by atoms with Crippen molar-refractivity contribution in [3.63, 3.8) is 0 Å². The van der Waals surface area contributed by atoms with Crippen LogP contribution in [-0.2, 0) is 4.79 Å². The molecule has 170 valence electrons. The standard InChI is InChI=1S/C24H29FN4O3/c1-16(2)21(28-22(30)17-8-10-18(25)11-9-17)23(31)26-20-12-14-29(15-13-20)24(32)27-19-6-4-3-5-7-19/h3-11,16,20-21H,12-15H2,1-2H3,(H,26,31)(H,27,32)(H,28,30). The van der Waals surface area contributed by atoms with Gasteiger partial charge in [-0.3, -0.25) is 9.59 Å². The van der Waals surface area contributed by atoms with Gasteiger partial charge in [-0.2, -0.15) is 0 Å². The zero-order chi connectivity index (χ0) is 23.1. The van der Waals surface area contributed by atoms with Gasteiger partial charge in [0.15, 0.2) is 0 Å². The van der Waals surface area contributed by atoms with Crippen molar-refractivity contribution in [2.75, 3.05) is 18.4 Å². The first-order chi connectivity index (χ1) is 15.3. The van der Waals surface area contributed by atoms with Crippen molar-refractivity contribution >= 4 is 23.5 Å². The number of para-hydroxylation sites is 1. The van der Waals surface area contributed by atoms with Crippen LogP contribution in [0.2, 0.25) is 0 Å². The van der Waals surface area contributed by atoms with Gasteiger partial charge in [0.2, 0.25) is 5.91 Å². The summed E-state index contributed by atoms with van der Waals surface area (Å²) < 4.78 is 13.1. The monoisotopic (exact) mass is 440 g/mol. The van der Waals surface area contributed by atoms with Crippen LogP contribution in [0, 0.1) is 11.7 Å². The Labute approximate surface area is 187 Å². The van der Waals surface area contributed by atoms with Crippen molar-refractivity contribution in [1.82, 2.24) is 15.5 Å². The Balaban J connectivity index is 1.50. The molecule has 32 heavy (non-hydrogen) atoms. The van der Waals surface area contributed by atoms with Gasteiger partial charge in [-0.25, -0.2) is 9.18 Å². The number of nitrogens with zero attached hydrogens (tertiary/aromatic N) is 1. The molecule has 1 heterocycles. The Morgan fingerprint density at radius 1 is 0.969 bits per heavy atom. The van der Waals surface area contributed by atoms with E-state index in [9.17, 15) is 18.8 Å². The first-order valence-electron chi connectivity index (χ1n) is 10.8. The largest absolute Gasteiger partial charge is 0.351 e. The van der Waals surface area contributed by atoms with Crippen LogP contribution in [0.25, 0.3) is 0 Å². The lowest BCUT2D eigenvalue weighted by molar-refractivity contribution is -0.124. The molecule has 7 nitrogen and oxygen atoms in total. The molecule has 0 radical (unpaired) electrons. The Hall–Kier alpha value is -3.42. The number of anilines is 1. The van der Waals surface area contributed by atoms with Gasteiger partial charge in [-0.1, -0.05) is 32.0 Å². The Bertz CT molecular complexity index is 926. The molecule has 1 atom stereocenters. The molecule has 0 aliphatic carbocycles. The van der Waals surface area contributed by atoms with E-state index in [-0.39, 0.29) is 23.9 Å².